The van der Waals surface area contributed by atoms with E-state index in [1.807, 2.05) is 6.92 Å². The molecule has 0 aromatic carbocycles. The molecule has 1 aliphatic rings. The molecule has 1 aromatic heterocycles. The fourth-order valence-corrected chi connectivity index (χ4v) is 1.99. The maximum Gasteiger partial charge on any atom is 0.354 e. The van der Waals surface area contributed by atoms with Crippen molar-refractivity contribution in [3.63, 3.8) is 0 Å². The third kappa shape index (κ3) is 1.66. The Kier molecular flexibility index (Phi) is 2.64. The number of likely N-dealkylation sites (tertiary alicyclic amines) is 1. The molecule has 1 atom stereocenters. The van der Waals surface area contributed by atoms with Crippen LogP contribution in [0.3, 0.4) is 0 Å². The molecule has 1 unspecified atom stereocenters. The van der Waals surface area contributed by atoms with Gasteiger partial charge < -0.3 is 15.0 Å². The van der Waals surface area contributed by atoms with Gasteiger partial charge in [0.2, 0.25) is 0 Å². The van der Waals surface area contributed by atoms with Gasteiger partial charge in [-0.1, -0.05) is 0 Å². The number of hydrogen-bond acceptors (Lipinski definition) is 3. The molecule has 6 nitrogen and oxygen atoms in total. The number of carboxylic acids is 1. The first-order chi connectivity index (χ1) is 7.61. The van der Waals surface area contributed by atoms with Crippen molar-refractivity contribution in [2.45, 2.75) is 25.8 Å². The van der Waals surface area contributed by atoms with Crippen LogP contribution in [0.4, 0.5) is 0 Å². The van der Waals surface area contributed by atoms with E-state index in [0.29, 0.717) is 6.54 Å². The molecule has 2 N–H and O–H groups in total. The Morgan fingerprint density at radius 3 is 2.94 bits per heavy atom. The molecule has 86 valence electrons. The van der Waals surface area contributed by atoms with Gasteiger partial charge in [-0.3, -0.25) is 4.79 Å². The Morgan fingerprint density at radius 1 is 1.62 bits per heavy atom. The zero-order chi connectivity index (χ0) is 11.7. The highest BCUT2D eigenvalue weighted by molar-refractivity contribution is 6.02. The molecule has 0 spiro atoms. The van der Waals surface area contributed by atoms with E-state index in [0.717, 1.165) is 12.8 Å². The summed E-state index contributed by atoms with van der Waals surface area (Å²) in [6.07, 6.45) is 3.15. The summed E-state index contributed by atoms with van der Waals surface area (Å²) in [6, 6.07) is 0.158. The Bertz CT molecular complexity index is 427. The number of H-pyrrole nitrogens is 1. The molecule has 2 heterocycles. The van der Waals surface area contributed by atoms with Gasteiger partial charge in [0.1, 0.15) is 0 Å². The van der Waals surface area contributed by atoms with Crippen molar-refractivity contribution in [3.8, 4) is 0 Å². The van der Waals surface area contributed by atoms with E-state index in [2.05, 4.69) is 9.97 Å². The van der Waals surface area contributed by atoms with Gasteiger partial charge in [-0.25, -0.2) is 9.78 Å². The van der Waals surface area contributed by atoms with Crippen molar-refractivity contribution < 1.29 is 14.7 Å². The predicted octanol–water partition coefficient (Wildman–Crippen LogP) is 0.732. The minimum absolute atomic E-state index is 0.00116. The normalized spacial score (nSPS) is 20.1. The van der Waals surface area contributed by atoms with Crippen LogP contribution >= 0.6 is 0 Å². The molecule has 2 rings (SSSR count). The summed E-state index contributed by atoms with van der Waals surface area (Å²) in [6.45, 7) is 2.63. The maximum atomic E-state index is 12.0. The highest BCUT2D eigenvalue weighted by Gasteiger charge is 2.30. The summed E-state index contributed by atoms with van der Waals surface area (Å²) >= 11 is 0. The predicted molar refractivity (Wildman–Crippen MR) is 55.3 cm³/mol. The molecule has 0 bridgehead atoms. The van der Waals surface area contributed by atoms with Crippen LogP contribution in [0.2, 0.25) is 0 Å². The molecule has 0 aliphatic carbocycles. The Morgan fingerprint density at radius 2 is 2.38 bits per heavy atom. The van der Waals surface area contributed by atoms with Gasteiger partial charge in [-0.15, -0.1) is 0 Å². The average molecular weight is 223 g/mol. The minimum atomic E-state index is -1.16. The first-order valence-electron chi connectivity index (χ1n) is 5.19. The summed E-state index contributed by atoms with van der Waals surface area (Å²) in [4.78, 5) is 30.8. The van der Waals surface area contributed by atoms with Crippen LogP contribution < -0.4 is 0 Å². The number of hydrogen-bond donors (Lipinski definition) is 2. The van der Waals surface area contributed by atoms with Crippen molar-refractivity contribution in [3.05, 3.63) is 17.7 Å². The molecule has 0 saturated carbocycles. The van der Waals surface area contributed by atoms with Gasteiger partial charge in [0.15, 0.2) is 11.4 Å². The van der Waals surface area contributed by atoms with Crippen LogP contribution in [0.1, 0.15) is 40.7 Å². The second-order valence-corrected chi connectivity index (χ2v) is 3.92. The second kappa shape index (κ2) is 3.96. The summed E-state index contributed by atoms with van der Waals surface area (Å²) in [7, 11) is 0. The molecule has 0 radical (unpaired) electrons. The largest absolute Gasteiger partial charge is 0.477 e. The molecule has 16 heavy (non-hydrogen) atoms. The lowest BCUT2D eigenvalue weighted by Gasteiger charge is -2.20. The monoisotopic (exact) mass is 223 g/mol. The van der Waals surface area contributed by atoms with Crippen molar-refractivity contribution in [1.29, 1.82) is 0 Å². The fraction of sp³-hybridized carbons (Fsp3) is 0.500. The average Bonchev–Trinajstić information content (AvgIpc) is 2.84. The third-order valence-corrected chi connectivity index (χ3v) is 2.87. The highest BCUT2D eigenvalue weighted by Crippen LogP contribution is 2.19. The van der Waals surface area contributed by atoms with E-state index in [1.165, 1.54) is 6.33 Å². The zero-order valence-corrected chi connectivity index (χ0v) is 8.93. The van der Waals surface area contributed by atoms with Crippen LogP contribution in [0.25, 0.3) is 0 Å². The number of nitrogens with one attached hydrogen (secondary N) is 1. The van der Waals surface area contributed by atoms with Crippen molar-refractivity contribution >= 4 is 11.9 Å². The number of imidazole rings is 1. The molecular weight excluding hydrogens is 210 g/mol. The molecule has 1 saturated heterocycles. The summed E-state index contributed by atoms with van der Waals surface area (Å²) in [5.41, 5.74) is -0.134. The number of carboxylic acid groups (broad SMARTS) is 1. The van der Waals surface area contributed by atoms with Crippen molar-refractivity contribution in [2.75, 3.05) is 6.54 Å². The molecule has 1 amide bonds. The number of nitrogens with zero attached hydrogens (tertiary/aromatic N) is 2. The van der Waals surface area contributed by atoms with Crippen molar-refractivity contribution in [2.24, 2.45) is 0 Å². The van der Waals surface area contributed by atoms with Gasteiger partial charge >= 0.3 is 5.97 Å². The van der Waals surface area contributed by atoms with E-state index in [-0.39, 0.29) is 23.3 Å². The van der Waals surface area contributed by atoms with Gasteiger partial charge in [0.25, 0.3) is 5.91 Å². The van der Waals surface area contributed by atoms with E-state index in [9.17, 15) is 9.59 Å². The Hall–Kier alpha value is -1.85. The number of rotatable bonds is 2. The topological polar surface area (TPSA) is 86.3 Å². The SMILES string of the molecule is CC1CCCN1C(=O)c1nc[nH]c1C(=O)O. The summed E-state index contributed by atoms with van der Waals surface area (Å²) in [5.74, 6) is -1.46. The first-order valence-corrected chi connectivity index (χ1v) is 5.19. The van der Waals surface area contributed by atoms with Crippen LogP contribution in [0.5, 0.6) is 0 Å². The smallest absolute Gasteiger partial charge is 0.354 e. The quantitative estimate of drug-likeness (QED) is 0.773. The van der Waals surface area contributed by atoms with Gasteiger partial charge in [0.05, 0.1) is 6.33 Å². The van der Waals surface area contributed by atoms with E-state index < -0.39 is 5.97 Å². The lowest BCUT2D eigenvalue weighted by molar-refractivity contribution is 0.0666. The molecule has 1 aromatic rings. The van der Waals surface area contributed by atoms with E-state index >= 15 is 0 Å². The first kappa shape index (κ1) is 10.7. The number of carbonyl (C=O) groups is 2. The number of aromatic carboxylic acids is 1. The molecule has 1 fully saturated rings. The van der Waals surface area contributed by atoms with Crippen LogP contribution in [-0.2, 0) is 0 Å². The van der Waals surface area contributed by atoms with Crippen LogP contribution in [-0.4, -0.2) is 44.4 Å². The van der Waals surface area contributed by atoms with Crippen LogP contribution in [0.15, 0.2) is 6.33 Å². The summed E-state index contributed by atoms with van der Waals surface area (Å²) < 4.78 is 0. The number of amides is 1. The number of aromatic amines is 1. The van der Waals surface area contributed by atoms with Gasteiger partial charge in [-0.05, 0) is 19.8 Å². The van der Waals surface area contributed by atoms with E-state index in [4.69, 9.17) is 5.11 Å². The summed E-state index contributed by atoms with van der Waals surface area (Å²) in [5, 5.41) is 8.87. The minimum Gasteiger partial charge on any atom is -0.477 e. The lowest BCUT2D eigenvalue weighted by Crippen LogP contribution is -2.34. The highest BCUT2D eigenvalue weighted by atomic mass is 16.4. The van der Waals surface area contributed by atoms with Gasteiger partial charge in [-0.2, -0.15) is 0 Å². The number of aromatic nitrogens is 2. The Balaban J connectivity index is 2.27. The lowest BCUT2D eigenvalue weighted by atomic mass is 10.2. The fourth-order valence-electron chi connectivity index (χ4n) is 1.99. The Labute approximate surface area is 92.3 Å². The van der Waals surface area contributed by atoms with Crippen molar-refractivity contribution in [1.82, 2.24) is 14.9 Å². The third-order valence-electron chi connectivity index (χ3n) is 2.87. The molecule has 1 aliphatic heterocycles. The zero-order valence-electron chi connectivity index (χ0n) is 8.93. The van der Waals surface area contributed by atoms with E-state index in [1.54, 1.807) is 4.90 Å². The standard InChI is InChI=1S/C10H13N3O3/c1-6-3-2-4-13(6)9(14)7-8(10(15)16)12-5-11-7/h5-6H,2-4H2,1H3,(H,11,12)(H,15,16). The molecular formula is C10H13N3O3. The maximum absolute atomic E-state index is 12.0. The molecule has 6 heteroatoms. The second-order valence-electron chi connectivity index (χ2n) is 3.92. The number of carbonyl (C=O) groups excluding carboxylic acids is 1. The van der Waals surface area contributed by atoms with Crippen LogP contribution in [0, 0.1) is 0 Å². The van der Waals surface area contributed by atoms with Gasteiger partial charge in [0, 0.05) is 12.6 Å².